The van der Waals surface area contributed by atoms with Crippen molar-refractivity contribution in [1.82, 2.24) is 4.90 Å². The van der Waals surface area contributed by atoms with E-state index in [9.17, 15) is 0 Å². The van der Waals surface area contributed by atoms with Crippen LogP contribution in [0.25, 0.3) is 10.8 Å². The lowest BCUT2D eigenvalue weighted by Crippen LogP contribution is -2.41. The fraction of sp³-hybridized carbons (Fsp3) is 0.474. The lowest BCUT2D eigenvalue weighted by molar-refractivity contribution is 0.127. The third-order valence-electron chi connectivity index (χ3n) is 4.89. The van der Waals surface area contributed by atoms with Crippen molar-refractivity contribution in [3.63, 3.8) is 0 Å². The fourth-order valence-electron chi connectivity index (χ4n) is 3.29. The van der Waals surface area contributed by atoms with Gasteiger partial charge in [-0.3, -0.25) is 0 Å². The average Bonchev–Trinajstić information content (AvgIpc) is 2.49. The van der Waals surface area contributed by atoms with Crippen molar-refractivity contribution in [2.24, 2.45) is 11.1 Å². The van der Waals surface area contributed by atoms with E-state index in [0.717, 1.165) is 6.54 Å². The van der Waals surface area contributed by atoms with E-state index in [0.29, 0.717) is 5.41 Å². The van der Waals surface area contributed by atoms with Crippen molar-refractivity contribution < 1.29 is 0 Å². The molecule has 0 saturated carbocycles. The molecule has 3 rings (SSSR count). The van der Waals surface area contributed by atoms with Gasteiger partial charge < -0.3 is 10.6 Å². The van der Waals surface area contributed by atoms with Gasteiger partial charge in [0.1, 0.15) is 0 Å². The van der Waals surface area contributed by atoms with Crippen LogP contribution < -0.4 is 5.73 Å². The lowest BCUT2D eigenvalue weighted by atomic mass is 9.82. The van der Waals surface area contributed by atoms with E-state index in [1.807, 2.05) is 0 Å². The van der Waals surface area contributed by atoms with Crippen LogP contribution in [0, 0.1) is 5.41 Å². The molecule has 2 aromatic carbocycles. The minimum Gasteiger partial charge on any atom is -0.323 e. The monoisotopic (exact) mass is 282 g/mol. The Labute approximate surface area is 127 Å². The van der Waals surface area contributed by atoms with Crippen molar-refractivity contribution >= 4 is 10.8 Å². The third-order valence-corrected chi connectivity index (χ3v) is 4.89. The third kappa shape index (κ3) is 3.28. The molecule has 0 spiro atoms. The minimum atomic E-state index is 0.0947. The molecule has 2 N–H and O–H groups in total. The van der Waals surface area contributed by atoms with Crippen LogP contribution in [0.4, 0.5) is 0 Å². The first-order valence-electron chi connectivity index (χ1n) is 8.01. The highest BCUT2D eigenvalue weighted by Crippen LogP contribution is 2.31. The van der Waals surface area contributed by atoms with Gasteiger partial charge in [-0.15, -0.1) is 0 Å². The van der Waals surface area contributed by atoms with Crippen LogP contribution in [-0.4, -0.2) is 24.5 Å². The molecule has 1 unspecified atom stereocenters. The van der Waals surface area contributed by atoms with Crippen molar-refractivity contribution in [1.29, 1.82) is 0 Å². The van der Waals surface area contributed by atoms with Crippen LogP contribution in [-0.2, 0) is 0 Å². The Bertz CT molecular complexity index is 602. The molecule has 0 amide bonds. The van der Waals surface area contributed by atoms with E-state index in [2.05, 4.69) is 61.2 Å². The molecule has 1 atom stereocenters. The summed E-state index contributed by atoms with van der Waals surface area (Å²) in [5.74, 6) is 0. The molecule has 0 radical (unpaired) electrons. The SMILES string of the molecule is CC1(C)CCN(CC(N)c2cccc3ccccc23)CC1. The predicted octanol–water partition coefficient (Wildman–Crippen LogP) is 3.96. The van der Waals surface area contributed by atoms with Crippen LogP contribution in [0.3, 0.4) is 0 Å². The van der Waals surface area contributed by atoms with Crippen molar-refractivity contribution in [3.05, 3.63) is 48.0 Å². The van der Waals surface area contributed by atoms with Gasteiger partial charge in [-0.2, -0.15) is 0 Å². The molecule has 2 aromatic rings. The highest BCUT2D eigenvalue weighted by molar-refractivity contribution is 5.86. The molecule has 112 valence electrons. The standard InChI is InChI=1S/C19H26N2/c1-19(2)10-12-21(13-11-19)14-18(20)17-9-5-7-15-6-3-4-8-16(15)17/h3-9,18H,10-14,20H2,1-2H3. The van der Waals surface area contributed by atoms with Gasteiger partial charge in [0.05, 0.1) is 0 Å². The molecule has 0 aliphatic carbocycles. The minimum absolute atomic E-state index is 0.0947. The molecular weight excluding hydrogens is 256 g/mol. The Morgan fingerprint density at radius 2 is 1.71 bits per heavy atom. The molecular formula is C19H26N2. The van der Waals surface area contributed by atoms with Crippen LogP contribution in [0.1, 0.15) is 38.3 Å². The molecule has 1 heterocycles. The second kappa shape index (κ2) is 5.78. The van der Waals surface area contributed by atoms with Crippen LogP contribution in [0.5, 0.6) is 0 Å². The summed E-state index contributed by atoms with van der Waals surface area (Å²) in [6, 6.07) is 15.1. The summed E-state index contributed by atoms with van der Waals surface area (Å²) >= 11 is 0. The first-order valence-corrected chi connectivity index (χ1v) is 8.01. The van der Waals surface area contributed by atoms with Crippen LogP contribution in [0.15, 0.2) is 42.5 Å². The summed E-state index contributed by atoms with van der Waals surface area (Å²) in [5.41, 5.74) is 8.29. The lowest BCUT2D eigenvalue weighted by Gasteiger charge is -2.38. The number of hydrogen-bond donors (Lipinski definition) is 1. The van der Waals surface area contributed by atoms with Crippen molar-refractivity contribution in [2.75, 3.05) is 19.6 Å². The summed E-state index contributed by atoms with van der Waals surface area (Å²) in [7, 11) is 0. The fourth-order valence-corrected chi connectivity index (χ4v) is 3.29. The maximum atomic E-state index is 6.52. The average molecular weight is 282 g/mol. The molecule has 0 bridgehead atoms. The maximum absolute atomic E-state index is 6.52. The van der Waals surface area contributed by atoms with Gasteiger partial charge in [0, 0.05) is 12.6 Å². The van der Waals surface area contributed by atoms with E-state index in [4.69, 9.17) is 5.73 Å². The van der Waals surface area contributed by atoms with Gasteiger partial charge in [0.2, 0.25) is 0 Å². The Balaban J connectivity index is 1.74. The Morgan fingerprint density at radius 1 is 1.05 bits per heavy atom. The van der Waals surface area contributed by atoms with E-state index >= 15 is 0 Å². The topological polar surface area (TPSA) is 29.3 Å². The maximum Gasteiger partial charge on any atom is 0.0430 e. The Morgan fingerprint density at radius 3 is 2.48 bits per heavy atom. The number of benzene rings is 2. The summed E-state index contributed by atoms with van der Waals surface area (Å²) in [6.07, 6.45) is 2.55. The summed E-state index contributed by atoms with van der Waals surface area (Å²) in [5, 5.41) is 2.58. The van der Waals surface area contributed by atoms with Gasteiger partial charge in [0.25, 0.3) is 0 Å². The van der Waals surface area contributed by atoms with Gasteiger partial charge in [-0.05, 0) is 47.7 Å². The second-order valence-corrected chi connectivity index (χ2v) is 7.14. The second-order valence-electron chi connectivity index (χ2n) is 7.14. The van der Waals surface area contributed by atoms with Crippen LogP contribution >= 0.6 is 0 Å². The highest BCUT2D eigenvalue weighted by Gasteiger charge is 2.26. The quantitative estimate of drug-likeness (QED) is 0.923. The highest BCUT2D eigenvalue weighted by atomic mass is 15.1. The Kier molecular flexibility index (Phi) is 4.01. The number of fused-ring (bicyclic) bond motifs is 1. The summed E-state index contributed by atoms with van der Waals surface area (Å²) < 4.78 is 0. The van der Waals surface area contributed by atoms with Gasteiger partial charge >= 0.3 is 0 Å². The molecule has 1 saturated heterocycles. The zero-order chi connectivity index (χ0) is 14.9. The number of likely N-dealkylation sites (tertiary alicyclic amines) is 1. The summed E-state index contributed by atoms with van der Waals surface area (Å²) in [6.45, 7) is 8.05. The number of piperidine rings is 1. The molecule has 21 heavy (non-hydrogen) atoms. The van der Waals surface area contributed by atoms with Crippen LogP contribution in [0.2, 0.25) is 0 Å². The van der Waals surface area contributed by atoms with E-state index < -0.39 is 0 Å². The molecule has 0 aromatic heterocycles. The van der Waals surface area contributed by atoms with Crippen molar-refractivity contribution in [3.8, 4) is 0 Å². The number of hydrogen-bond acceptors (Lipinski definition) is 2. The first kappa shape index (κ1) is 14.6. The van der Waals surface area contributed by atoms with E-state index in [-0.39, 0.29) is 6.04 Å². The van der Waals surface area contributed by atoms with E-state index in [1.165, 1.54) is 42.3 Å². The summed E-state index contributed by atoms with van der Waals surface area (Å²) in [4.78, 5) is 2.53. The van der Waals surface area contributed by atoms with E-state index in [1.54, 1.807) is 0 Å². The Hall–Kier alpha value is -1.38. The van der Waals surface area contributed by atoms with Gasteiger partial charge in [-0.1, -0.05) is 56.3 Å². The van der Waals surface area contributed by atoms with Gasteiger partial charge in [-0.25, -0.2) is 0 Å². The number of nitrogens with zero attached hydrogens (tertiary/aromatic N) is 1. The van der Waals surface area contributed by atoms with Gasteiger partial charge in [0.15, 0.2) is 0 Å². The zero-order valence-electron chi connectivity index (χ0n) is 13.2. The molecule has 1 fully saturated rings. The molecule has 2 heteroatoms. The number of rotatable bonds is 3. The largest absolute Gasteiger partial charge is 0.323 e. The molecule has 1 aliphatic rings. The molecule has 2 nitrogen and oxygen atoms in total. The predicted molar refractivity (Wildman–Crippen MR) is 90.3 cm³/mol. The molecule has 1 aliphatic heterocycles. The zero-order valence-corrected chi connectivity index (χ0v) is 13.2. The number of nitrogens with two attached hydrogens (primary N) is 1. The first-order chi connectivity index (χ1) is 10.1. The van der Waals surface area contributed by atoms with Crippen molar-refractivity contribution in [2.45, 2.75) is 32.7 Å². The normalized spacial score (nSPS) is 20.5. The smallest absolute Gasteiger partial charge is 0.0430 e.